The number of hydrogen-bond acceptors (Lipinski definition) is 4. The summed E-state index contributed by atoms with van der Waals surface area (Å²) in [5, 5.41) is 17.0. The normalized spacial score (nSPS) is 15.4. The predicted octanol–water partition coefficient (Wildman–Crippen LogP) is 5.07. The number of aliphatic imine (C=N–C) groups is 1. The van der Waals surface area contributed by atoms with Crippen LogP contribution in [0.25, 0.3) is 21.5 Å². The molecule has 0 amide bonds. The van der Waals surface area contributed by atoms with Crippen LogP contribution in [0.2, 0.25) is 0 Å². The van der Waals surface area contributed by atoms with Gasteiger partial charge in [0.15, 0.2) is 5.96 Å². The minimum atomic E-state index is -0.784. The van der Waals surface area contributed by atoms with Gasteiger partial charge in [0.1, 0.15) is 6.04 Å². The molecule has 2 aliphatic rings. The number of hydrogen-bond donors (Lipinski definition) is 2. The number of benzene rings is 2. The summed E-state index contributed by atoms with van der Waals surface area (Å²) in [6.07, 6.45) is 1.73. The molecule has 1 fully saturated rings. The van der Waals surface area contributed by atoms with E-state index in [1.165, 1.54) is 21.5 Å². The summed E-state index contributed by atoms with van der Waals surface area (Å²) in [4.78, 5) is 17.1. The largest absolute Gasteiger partial charge is 2.00 e. The van der Waals surface area contributed by atoms with E-state index < -0.39 is 12.0 Å². The fourth-order valence-electron chi connectivity index (χ4n) is 3.85. The summed E-state index contributed by atoms with van der Waals surface area (Å²) >= 11 is 0. The molecule has 5 nitrogen and oxygen atoms in total. The van der Waals surface area contributed by atoms with Crippen molar-refractivity contribution < 1.29 is 36.1 Å². The van der Waals surface area contributed by atoms with Crippen LogP contribution in [0, 0.1) is 0 Å². The Labute approximate surface area is 251 Å². The fourth-order valence-corrected chi connectivity index (χ4v) is 3.85. The third-order valence-electron chi connectivity index (χ3n) is 5.53. The van der Waals surface area contributed by atoms with Crippen molar-refractivity contribution in [2.24, 2.45) is 4.99 Å². The molecule has 9 heteroatoms. The molecule has 2 heterocycles. The third-order valence-corrected chi connectivity index (χ3v) is 5.53. The first-order chi connectivity index (χ1) is 15.2. The summed E-state index contributed by atoms with van der Waals surface area (Å²) in [5.74, 6) is -0.0159. The van der Waals surface area contributed by atoms with Crippen LogP contribution in [-0.4, -0.2) is 67.4 Å². The fraction of sp³-hybridized carbons (Fsp3) is 0.231. The van der Waals surface area contributed by atoms with Crippen LogP contribution < -0.4 is 5.32 Å². The standard InChI is InChI=1S/2C9H7.C8H13N3O2.2ClH.Ga.Zr/c2*1-2-5-9-7-3-6-8(9)4-1;12-7(13)6-2-5-11-4-1-3-9-8(11)10-6;;;;/h2*1-7H;6H,1-5H2,(H,9,10)(H,12,13);2*1H;;/q2*-1;;;;;+2. The first kappa shape index (κ1) is 33.5. The van der Waals surface area contributed by atoms with Crippen LogP contribution in [0.3, 0.4) is 0 Å². The first-order valence-corrected chi connectivity index (χ1v) is 10.7. The van der Waals surface area contributed by atoms with Crippen LogP contribution in [0.4, 0.5) is 0 Å². The maximum atomic E-state index is 10.7. The Bertz CT molecular complexity index is 1060. The molecule has 0 bridgehead atoms. The maximum Gasteiger partial charge on any atom is 2.00 e. The number of guanidine groups is 1. The number of halogens is 2. The Morgan fingerprint density at radius 3 is 1.97 bits per heavy atom. The van der Waals surface area contributed by atoms with Crippen molar-refractivity contribution in [3.05, 3.63) is 84.9 Å². The monoisotopic (exact) mass is 644 g/mol. The topological polar surface area (TPSA) is 64.9 Å². The van der Waals surface area contributed by atoms with Crippen molar-refractivity contribution >= 4 is 78.1 Å². The molecule has 3 radical (unpaired) electrons. The molecule has 6 rings (SSSR count). The SMILES string of the molecule is Cl.Cl.O=C(O)C1CCN2CCCN=C2N1.[Ga].[Zr+2].c1ccc2[cH-]ccc2c1.c1ccc2[cH-]ccc2c1. The zero-order valence-corrected chi connectivity index (χ0v) is 25.9. The van der Waals surface area contributed by atoms with E-state index >= 15 is 0 Å². The molecule has 1 unspecified atom stereocenters. The molecule has 2 aliphatic heterocycles. The van der Waals surface area contributed by atoms with E-state index in [1.807, 2.05) is 0 Å². The van der Waals surface area contributed by atoms with Gasteiger partial charge >= 0.3 is 32.2 Å². The Balaban J connectivity index is 0.000000478. The van der Waals surface area contributed by atoms with Gasteiger partial charge in [-0.3, -0.25) is 4.99 Å². The van der Waals surface area contributed by atoms with Gasteiger partial charge in [-0.05, 0) is 12.8 Å². The van der Waals surface area contributed by atoms with E-state index in [0.717, 1.165) is 32.0 Å². The molecule has 2 N–H and O–H groups in total. The minimum Gasteiger partial charge on any atom is -0.480 e. The second-order valence-corrected chi connectivity index (χ2v) is 7.68. The van der Waals surface area contributed by atoms with Gasteiger partial charge in [0, 0.05) is 39.4 Å². The van der Waals surface area contributed by atoms with Crippen LogP contribution >= 0.6 is 24.8 Å². The summed E-state index contributed by atoms with van der Waals surface area (Å²) in [6.45, 7) is 2.62. The Morgan fingerprint density at radius 1 is 0.914 bits per heavy atom. The molecule has 0 aliphatic carbocycles. The predicted molar refractivity (Wildman–Crippen MR) is 147 cm³/mol. The molecule has 4 aromatic rings. The van der Waals surface area contributed by atoms with Crippen molar-refractivity contribution in [2.75, 3.05) is 19.6 Å². The zero-order chi connectivity index (χ0) is 21.5. The van der Waals surface area contributed by atoms with Crippen LogP contribution in [0.15, 0.2) is 89.9 Å². The maximum absolute atomic E-state index is 10.7. The number of aliphatic carboxylic acids is 1. The Hall–Kier alpha value is -1.50. The van der Waals surface area contributed by atoms with Crippen molar-refractivity contribution in [2.45, 2.75) is 18.9 Å². The third kappa shape index (κ3) is 9.47. The second kappa shape index (κ2) is 17.0. The molecular formula is C26H29Cl2GaN3O2Zr. The van der Waals surface area contributed by atoms with E-state index in [4.69, 9.17) is 5.11 Å². The minimum absolute atomic E-state index is 0. The van der Waals surface area contributed by atoms with E-state index in [9.17, 15) is 4.79 Å². The molecule has 0 spiro atoms. The number of carboxylic acid groups (broad SMARTS) is 1. The van der Waals surface area contributed by atoms with Gasteiger partial charge in [-0.1, -0.05) is 12.1 Å². The van der Waals surface area contributed by atoms with Crippen LogP contribution in [0.1, 0.15) is 12.8 Å². The van der Waals surface area contributed by atoms with Gasteiger partial charge in [-0.15, -0.1) is 84.1 Å². The van der Waals surface area contributed by atoms with Gasteiger partial charge < -0.3 is 15.3 Å². The van der Waals surface area contributed by atoms with Crippen molar-refractivity contribution in [1.29, 1.82) is 0 Å². The molecule has 1 atom stereocenters. The summed E-state index contributed by atoms with van der Waals surface area (Å²) in [6, 6.07) is 28.9. The van der Waals surface area contributed by atoms with Gasteiger partial charge in [-0.2, -0.15) is 35.0 Å². The average Bonchev–Trinajstić information content (AvgIpc) is 3.49. The zero-order valence-electron chi connectivity index (χ0n) is 19.3. The molecule has 0 aromatic heterocycles. The molecule has 181 valence electrons. The second-order valence-electron chi connectivity index (χ2n) is 7.68. The number of carbonyl (C=O) groups is 1. The molecule has 4 aromatic carbocycles. The number of rotatable bonds is 1. The van der Waals surface area contributed by atoms with Crippen molar-refractivity contribution in [3.63, 3.8) is 0 Å². The van der Waals surface area contributed by atoms with E-state index in [0.29, 0.717) is 6.42 Å². The van der Waals surface area contributed by atoms with Crippen molar-refractivity contribution in [3.8, 4) is 0 Å². The van der Waals surface area contributed by atoms with E-state index in [1.54, 1.807) is 0 Å². The van der Waals surface area contributed by atoms with Crippen molar-refractivity contribution in [1.82, 2.24) is 10.2 Å². The van der Waals surface area contributed by atoms with E-state index in [2.05, 4.69) is 100 Å². The van der Waals surface area contributed by atoms with Gasteiger partial charge in [-0.25, -0.2) is 4.79 Å². The molecular weight excluding hydrogens is 618 g/mol. The molecule has 35 heavy (non-hydrogen) atoms. The average molecular weight is 647 g/mol. The molecule has 0 saturated carbocycles. The van der Waals surface area contributed by atoms with Gasteiger partial charge in [0.25, 0.3) is 0 Å². The number of nitrogens with zero attached hydrogens (tertiary/aromatic N) is 2. The first-order valence-electron chi connectivity index (χ1n) is 10.7. The summed E-state index contributed by atoms with van der Waals surface area (Å²) in [7, 11) is 0. The smallest absolute Gasteiger partial charge is 0.480 e. The van der Waals surface area contributed by atoms with Crippen LogP contribution in [-0.2, 0) is 31.0 Å². The summed E-state index contributed by atoms with van der Waals surface area (Å²) < 4.78 is 0. The van der Waals surface area contributed by atoms with E-state index in [-0.39, 0.29) is 70.8 Å². The van der Waals surface area contributed by atoms with Gasteiger partial charge in [0.2, 0.25) is 0 Å². The summed E-state index contributed by atoms with van der Waals surface area (Å²) in [5.41, 5.74) is 0. The Morgan fingerprint density at radius 2 is 1.46 bits per heavy atom. The van der Waals surface area contributed by atoms with Crippen LogP contribution in [0.5, 0.6) is 0 Å². The molecule has 1 saturated heterocycles. The number of fused-ring (bicyclic) bond motifs is 3. The number of nitrogens with one attached hydrogen (secondary N) is 1. The Kier molecular flexibility index (Phi) is 16.3. The number of carboxylic acids is 1. The quantitative estimate of drug-likeness (QED) is 0.224. The van der Waals surface area contributed by atoms with Gasteiger partial charge in [0.05, 0.1) is 0 Å².